The van der Waals surface area contributed by atoms with Crippen LogP contribution >= 0.6 is 11.3 Å². The maximum Gasteiger partial charge on any atom is 0.298 e. The third kappa shape index (κ3) is 6.45. The fraction of sp³-hybridized carbons (Fsp3) is 0.265. The summed E-state index contributed by atoms with van der Waals surface area (Å²) < 4.78 is 27.8. The highest BCUT2D eigenvalue weighted by molar-refractivity contribution is 7.07. The summed E-state index contributed by atoms with van der Waals surface area (Å²) in [5, 5.41) is 18.2. The molecule has 2 N–H and O–H groups in total. The molecule has 228 valence electrons. The molecule has 1 unspecified atom stereocenters. The van der Waals surface area contributed by atoms with Gasteiger partial charge in [-0.25, -0.2) is 9.37 Å². The number of phenolic OH excluding ortho intramolecular Hbond substituents is 1. The molecular weight excluding hydrogens is 581 g/mol. The molecule has 5 rings (SSSR count). The van der Waals surface area contributed by atoms with E-state index in [0.717, 1.165) is 12.0 Å². The van der Waals surface area contributed by atoms with E-state index in [2.05, 4.69) is 10.3 Å². The lowest BCUT2D eigenvalue weighted by Gasteiger charge is -2.33. The van der Waals surface area contributed by atoms with Crippen LogP contribution in [0.4, 0.5) is 15.8 Å². The van der Waals surface area contributed by atoms with Gasteiger partial charge < -0.3 is 19.9 Å². The normalized spacial score (nSPS) is 14.8. The van der Waals surface area contributed by atoms with Crippen molar-refractivity contribution in [1.82, 2.24) is 4.98 Å². The van der Waals surface area contributed by atoms with Gasteiger partial charge >= 0.3 is 0 Å². The number of rotatable bonds is 10. The number of fused-ring (bicyclic) bond motifs is 1. The molecule has 0 saturated carbocycles. The standard InChI is InChI=1S/C34H34FN3O5S/c1-5-34(3,4)17-27-32(43-20-39)31(24-13-12-23(16-25(24)35)42-18-22-14-15-44-19-22)38(28-10-7-11-29(40)30(28)37-27)33(41)26-9-6-8-21(2)36-26/h6-16,19-20,31,37,40H,5,17-18H2,1-4H3. The van der Waals surface area contributed by atoms with Crippen LogP contribution in [0.15, 0.2) is 82.9 Å². The Bertz CT molecular complexity index is 1700. The topological polar surface area (TPSA) is 101 Å². The van der Waals surface area contributed by atoms with Crippen molar-refractivity contribution >= 4 is 35.1 Å². The lowest BCUT2D eigenvalue weighted by molar-refractivity contribution is -0.125. The largest absolute Gasteiger partial charge is 0.506 e. The number of carbonyl (C=O) groups excluding carboxylic acids is 2. The lowest BCUT2D eigenvalue weighted by atomic mass is 9.84. The molecule has 0 bridgehead atoms. The highest BCUT2D eigenvalue weighted by Crippen LogP contribution is 2.48. The summed E-state index contributed by atoms with van der Waals surface area (Å²) in [4.78, 5) is 32.2. The van der Waals surface area contributed by atoms with Crippen LogP contribution < -0.4 is 15.0 Å². The Labute approximate surface area is 259 Å². The molecule has 8 nitrogen and oxygen atoms in total. The highest BCUT2D eigenvalue weighted by atomic mass is 32.1. The van der Waals surface area contributed by atoms with Crippen LogP contribution in [0.5, 0.6) is 11.5 Å². The monoisotopic (exact) mass is 615 g/mol. The molecule has 2 aromatic heterocycles. The fourth-order valence-electron chi connectivity index (χ4n) is 5.07. The van der Waals surface area contributed by atoms with Crippen LogP contribution in [0.25, 0.3) is 0 Å². The van der Waals surface area contributed by atoms with Crippen molar-refractivity contribution in [2.45, 2.75) is 53.2 Å². The maximum absolute atomic E-state index is 16.3. The van der Waals surface area contributed by atoms with Gasteiger partial charge in [0.25, 0.3) is 12.4 Å². The van der Waals surface area contributed by atoms with E-state index in [1.807, 2.05) is 37.6 Å². The third-order valence-corrected chi connectivity index (χ3v) is 8.46. The molecular formula is C34H34FN3O5S. The number of nitrogens with zero attached hydrogens (tertiary/aromatic N) is 2. The molecule has 0 saturated heterocycles. The first kappa shape index (κ1) is 30.7. The van der Waals surface area contributed by atoms with E-state index in [0.29, 0.717) is 23.6 Å². The SMILES string of the molecule is CCC(C)(C)CC1=C(OC=O)C(c2ccc(OCc3ccsc3)cc2F)N(C(=O)c2cccc(C)n2)c2cccc(O)c2N1. The number of hydrogen-bond acceptors (Lipinski definition) is 8. The van der Waals surface area contributed by atoms with Crippen molar-refractivity contribution in [3.8, 4) is 11.5 Å². The zero-order chi connectivity index (χ0) is 31.4. The van der Waals surface area contributed by atoms with Crippen molar-refractivity contribution in [1.29, 1.82) is 0 Å². The number of allylic oxidation sites excluding steroid dienone is 1. The number of halogens is 1. The van der Waals surface area contributed by atoms with E-state index in [4.69, 9.17) is 9.47 Å². The first-order valence-electron chi connectivity index (χ1n) is 14.2. The van der Waals surface area contributed by atoms with E-state index in [9.17, 15) is 14.7 Å². The number of anilines is 2. The molecule has 2 aromatic carbocycles. The number of ether oxygens (including phenoxy) is 2. The second-order valence-corrected chi connectivity index (χ2v) is 12.2. The fourth-order valence-corrected chi connectivity index (χ4v) is 5.72. The van der Waals surface area contributed by atoms with Crippen molar-refractivity contribution in [3.63, 3.8) is 0 Å². The van der Waals surface area contributed by atoms with Gasteiger partial charge in [0.1, 0.15) is 41.3 Å². The first-order chi connectivity index (χ1) is 21.1. The van der Waals surface area contributed by atoms with Crippen LogP contribution in [0.2, 0.25) is 0 Å². The van der Waals surface area contributed by atoms with Crippen molar-refractivity contribution in [2.24, 2.45) is 5.41 Å². The van der Waals surface area contributed by atoms with E-state index >= 15 is 4.39 Å². The number of pyridine rings is 1. The summed E-state index contributed by atoms with van der Waals surface area (Å²) in [5.41, 5.74) is 2.36. The van der Waals surface area contributed by atoms with Crippen LogP contribution in [0.3, 0.4) is 0 Å². The minimum Gasteiger partial charge on any atom is -0.506 e. The van der Waals surface area contributed by atoms with Crippen LogP contribution in [0, 0.1) is 18.2 Å². The molecule has 0 radical (unpaired) electrons. The van der Waals surface area contributed by atoms with Gasteiger partial charge in [0.2, 0.25) is 0 Å². The Morgan fingerprint density at radius 3 is 2.66 bits per heavy atom. The van der Waals surface area contributed by atoms with E-state index in [1.54, 1.807) is 54.7 Å². The van der Waals surface area contributed by atoms with Gasteiger partial charge in [0.15, 0.2) is 5.76 Å². The number of para-hydroxylation sites is 1. The first-order valence-corrected chi connectivity index (χ1v) is 15.2. The Kier molecular flexibility index (Phi) is 9.01. The van der Waals surface area contributed by atoms with E-state index < -0.39 is 17.8 Å². The second kappa shape index (κ2) is 12.9. The van der Waals surface area contributed by atoms with Crippen molar-refractivity contribution in [2.75, 3.05) is 10.2 Å². The number of aromatic hydroxyl groups is 1. The zero-order valence-corrected chi connectivity index (χ0v) is 25.8. The summed E-state index contributed by atoms with van der Waals surface area (Å²) in [6.07, 6.45) is 1.14. The lowest BCUT2D eigenvalue weighted by Crippen LogP contribution is -2.37. The quantitative estimate of drug-likeness (QED) is 0.138. The second-order valence-electron chi connectivity index (χ2n) is 11.4. The Hall–Kier alpha value is -4.70. The summed E-state index contributed by atoms with van der Waals surface area (Å²) in [7, 11) is 0. The number of nitrogens with one attached hydrogen (secondary N) is 1. The number of benzene rings is 2. The average molecular weight is 616 g/mol. The number of hydrogen-bond donors (Lipinski definition) is 2. The molecule has 0 aliphatic carbocycles. The van der Waals surface area contributed by atoms with Gasteiger partial charge in [0.05, 0.1) is 11.4 Å². The number of amides is 1. The minimum absolute atomic E-state index is 0.0315. The van der Waals surface area contributed by atoms with E-state index in [-0.39, 0.29) is 52.6 Å². The summed E-state index contributed by atoms with van der Waals surface area (Å²) in [6.45, 7) is 8.42. The Morgan fingerprint density at radius 2 is 1.98 bits per heavy atom. The summed E-state index contributed by atoms with van der Waals surface area (Å²) in [5.74, 6) is -1.04. The number of thiophene rings is 1. The highest BCUT2D eigenvalue weighted by Gasteiger charge is 2.41. The summed E-state index contributed by atoms with van der Waals surface area (Å²) in [6, 6.07) is 14.8. The molecule has 1 aliphatic rings. The van der Waals surface area contributed by atoms with Crippen LogP contribution in [0.1, 0.15) is 67.0 Å². The molecule has 0 spiro atoms. The van der Waals surface area contributed by atoms with Gasteiger partial charge in [-0.05, 0) is 77.5 Å². The number of aromatic nitrogens is 1. The molecule has 0 fully saturated rings. The zero-order valence-electron chi connectivity index (χ0n) is 25.0. The molecule has 44 heavy (non-hydrogen) atoms. The summed E-state index contributed by atoms with van der Waals surface area (Å²) >= 11 is 1.54. The minimum atomic E-state index is -1.25. The molecule has 3 heterocycles. The van der Waals surface area contributed by atoms with E-state index in [1.165, 1.54) is 23.1 Å². The van der Waals surface area contributed by atoms with Gasteiger partial charge in [-0.3, -0.25) is 14.5 Å². The smallest absolute Gasteiger partial charge is 0.298 e. The van der Waals surface area contributed by atoms with Gasteiger partial charge in [-0.1, -0.05) is 39.3 Å². The molecule has 1 aliphatic heterocycles. The van der Waals surface area contributed by atoms with Crippen molar-refractivity contribution in [3.05, 3.63) is 111 Å². The predicted molar refractivity (Wildman–Crippen MR) is 168 cm³/mol. The number of carbonyl (C=O) groups is 2. The van der Waals surface area contributed by atoms with Gasteiger partial charge in [0, 0.05) is 17.3 Å². The van der Waals surface area contributed by atoms with Gasteiger partial charge in [-0.2, -0.15) is 11.3 Å². The number of phenols is 1. The molecule has 1 atom stereocenters. The average Bonchev–Trinajstić information content (AvgIpc) is 3.48. The predicted octanol–water partition coefficient (Wildman–Crippen LogP) is 7.90. The Balaban J connectivity index is 1.73. The molecule has 10 heteroatoms. The van der Waals surface area contributed by atoms with Crippen molar-refractivity contribution < 1.29 is 28.6 Å². The Morgan fingerprint density at radius 1 is 1.18 bits per heavy atom. The van der Waals surface area contributed by atoms with Crippen LogP contribution in [-0.4, -0.2) is 22.5 Å². The van der Waals surface area contributed by atoms with Gasteiger partial charge in [-0.15, -0.1) is 0 Å². The number of aryl methyl sites for hydroxylation is 1. The third-order valence-electron chi connectivity index (χ3n) is 7.73. The molecule has 1 amide bonds. The molecule has 4 aromatic rings. The maximum atomic E-state index is 16.3. The van der Waals surface area contributed by atoms with Crippen LogP contribution in [-0.2, 0) is 16.1 Å².